The van der Waals surface area contributed by atoms with Gasteiger partial charge in [0.25, 0.3) is 0 Å². The highest BCUT2D eigenvalue weighted by Gasteiger charge is 2.41. The maximum absolute atomic E-state index is 5.36. The quantitative estimate of drug-likeness (QED) is 0.238. The third-order valence-electron chi connectivity index (χ3n) is 8.50. The Morgan fingerprint density at radius 1 is 0.744 bits per heavy atom. The number of anilines is 2. The number of hydrogen-bond acceptors (Lipinski definition) is 5. The fourth-order valence-electron chi connectivity index (χ4n) is 5.98. The summed E-state index contributed by atoms with van der Waals surface area (Å²) in [6, 6.07) is 33.9. The average Bonchev–Trinajstić information content (AvgIpc) is 3.34. The number of aliphatic imine (C=N–C) groups is 2. The molecule has 1 N–H and O–H groups in total. The fourth-order valence-corrected chi connectivity index (χ4v) is 5.98. The van der Waals surface area contributed by atoms with Crippen LogP contribution in [0.25, 0.3) is 5.69 Å². The molecule has 5 aromatic rings. The molecule has 214 valence electrons. The summed E-state index contributed by atoms with van der Waals surface area (Å²) in [4.78, 5) is 12.8. The van der Waals surface area contributed by atoms with Gasteiger partial charge in [-0.2, -0.15) is 5.10 Å². The van der Waals surface area contributed by atoms with Crippen LogP contribution in [0.4, 0.5) is 22.9 Å². The first-order valence-electron chi connectivity index (χ1n) is 14.8. The van der Waals surface area contributed by atoms with Crippen molar-refractivity contribution in [3.63, 3.8) is 0 Å². The van der Waals surface area contributed by atoms with Gasteiger partial charge < -0.3 is 10.2 Å². The van der Waals surface area contributed by atoms with Crippen LogP contribution in [0.2, 0.25) is 0 Å². The normalized spacial score (nSPS) is 15.7. The SMILES string of the molecule is Cc1ccc(NC2=Nc3ccccc3N3C2=Nc2c(c(C)nn2-c2ccccc2)C3c2ccc(C(C)(C)C)cc2)cc1C. The Labute approximate surface area is 253 Å². The lowest BCUT2D eigenvalue weighted by Gasteiger charge is -2.40. The molecular formula is C37H36N6. The van der Waals surface area contributed by atoms with E-state index in [1.165, 1.54) is 22.3 Å². The van der Waals surface area contributed by atoms with Crippen LogP contribution in [0, 0.1) is 20.8 Å². The van der Waals surface area contributed by atoms with Crippen molar-refractivity contribution in [3.05, 3.63) is 131 Å². The molecule has 0 radical (unpaired) electrons. The Bertz CT molecular complexity index is 1910. The minimum Gasteiger partial charge on any atom is -0.337 e. The van der Waals surface area contributed by atoms with Crippen LogP contribution < -0.4 is 10.2 Å². The summed E-state index contributed by atoms with van der Waals surface area (Å²) in [6.07, 6.45) is 0. The van der Waals surface area contributed by atoms with E-state index in [2.05, 4.69) is 125 Å². The average molecular weight is 565 g/mol. The van der Waals surface area contributed by atoms with Crippen LogP contribution in [0.5, 0.6) is 0 Å². The number of aryl methyl sites for hydroxylation is 3. The predicted octanol–water partition coefficient (Wildman–Crippen LogP) is 8.89. The number of rotatable bonds is 3. The van der Waals surface area contributed by atoms with Crippen LogP contribution in [-0.2, 0) is 5.41 Å². The van der Waals surface area contributed by atoms with Crippen molar-refractivity contribution in [1.82, 2.24) is 9.78 Å². The molecule has 3 heterocycles. The molecule has 1 aromatic heterocycles. The zero-order valence-electron chi connectivity index (χ0n) is 25.6. The molecule has 0 saturated carbocycles. The van der Waals surface area contributed by atoms with Gasteiger partial charge in [-0.3, -0.25) is 0 Å². The first-order valence-corrected chi connectivity index (χ1v) is 14.8. The Morgan fingerprint density at radius 3 is 2.19 bits per heavy atom. The maximum Gasteiger partial charge on any atom is 0.179 e. The van der Waals surface area contributed by atoms with Gasteiger partial charge in [0.2, 0.25) is 0 Å². The van der Waals surface area contributed by atoms with E-state index in [1.54, 1.807) is 0 Å². The molecular weight excluding hydrogens is 528 g/mol. The number of benzene rings is 4. The van der Waals surface area contributed by atoms with Gasteiger partial charge in [-0.05, 0) is 84.8 Å². The minimum absolute atomic E-state index is 0.0601. The predicted molar refractivity (Wildman–Crippen MR) is 178 cm³/mol. The van der Waals surface area contributed by atoms with Crippen molar-refractivity contribution in [1.29, 1.82) is 0 Å². The molecule has 43 heavy (non-hydrogen) atoms. The van der Waals surface area contributed by atoms with Crippen molar-refractivity contribution in [2.75, 3.05) is 10.2 Å². The second-order valence-corrected chi connectivity index (χ2v) is 12.5. The van der Waals surface area contributed by atoms with E-state index in [-0.39, 0.29) is 11.5 Å². The molecule has 6 heteroatoms. The standard InChI is InChI=1S/C37H36N6/c1-23-16-21-28(22-24(23)2)38-34-36-40-35-32(25(3)41-43(35)29-12-8-7-9-13-29)33(26-17-19-27(20-18-26)37(4,5)6)42(36)31-15-11-10-14-30(31)39-34/h7-22,33H,1-6H3,(H,38,39). The lowest BCUT2D eigenvalue weighted by Crippen LogP contribution is -2.46. The molecule has 1 atom stereocenters. The highest BCUT2D eigenvalue weighted by Crippen LogP contribution is 2.48. The number of nitrogens with one attached hydrogen (secondary N) is 1. The Morgan fingerprint density at radius 2 is 1.47 bits per heavy atom. The summed E-state index contributed by atoms with van der Waals surface area (Å²) in [5, 5.41) is 8.70. The van der Waals surface area contributed by atoms with Gasteiger partial charge in [-0.25, -0.2) is 14.7 Å². The summed E-state index contributed by atoms with van der Waals surface area (Å²) in [5.74, 6) is 2.31. The number of hydrogen-bond donors (Lipinski definition) is 1. The molecule has 0 fully saturated rings. The van der Waals surface area contributed by atoms with Crippen molar-refractivity contribution in [2.45, 2.75) is 53.0 Å². The van der Waals surface area contributed by atoms with E-state index >= 15 is 0 Å². The van der Waals surface area contributed by atoms with E-state index in [0.717, 1.165) is 45.7 Å². The molecule has 2 aliphatic rings. The molecule has 4 aromatic carbocycles. The van der Waals surface area contributed by atoms with Gasteiger partial charge in [0, 0.05) is 11.3 Å². The van der Waals surface area contributed by atoms with Crippen LogP contribution >= 0.6 is 0 Å². The Hall–Kier alpha value is -4.97. The van der Waals surface area contributed by atoms with Crippen molar-refractivity contribution in [3.8, 4) is 5.69 Å². The molecule has 6 nitrogen and oxygen atoms in total. The van der Waals surface area contributed by atoms with Gasteiger partial charge in [-0.1, -0.05) is 81.4 Å². The zero-order chi connectivity index (χ0) is 29.9. The number of para-hydroxylation sites is 3. The number of aromatic nitrogens is 2. The summed E-state index contributed by atoms with van der Waals surface area (Å²) in [5.41, 5.74) is 10.9. The van der Waals surface area contributed by atoms with Gasteiger partial charge in [0.1, 0.15) is 0 Å². The maximum atomic E-state index is 5.36. The summed E-state index contributed by atoms with van der Waals surface area (Å²) >= 11 is 0. The van der Waals surface area contributed by atoms with Gasteiger partial charge in [0.15, 0.2) is 17.5 Å². The highest BCUT2D eigenvalue weighted by molar-refractivity contribution is 6.51. The molecule has 0 amide bonds. The molecule has 0 saturated heterocycles. The van der Waals surface area contributed by atoms with E-state index in [1.807, 2.05) is 28.9 Å². The van der Waals surface area contributed by atoms with Crippen molar-refractivity contribution in [2.24, 2.45) is 9.98 Å². The van der Waals surface area contributed by atoms with E-state index < -0.39 is 0 Å². The van der Waals surface area contributed by atoms with E-state index in [0.29, 0.717) is 5.84 Å². The van der Waals surface area contributed by atoms with Gasteiger partial charge in [0.05, 0.1) is 28.8 Å². The van der Waals surface area contributed by atoms with Crippen LogP contribution in [0.15, 0.2) is 107 Å². The van der Waals surface area contributed by atoms with Crippen molar-refractivity contribution < 1.29 is 0 Å². The molecule has 7 rings (SSSR count). The smallest absolute Gasteiger partial charge is 0.179 e. The first kappa shape index (κ1) is 26.9. The topological polar surface area (TPSA) is 57.8 Å². The molecule has 2 aliphatic heterocycles. The third kappa shape index (κ3) is 4.63. The second kappa shape index (κ2) is 10.1. The van der Waals surface area contributed by atoms with E-state index in [4.69, 9.17) is 15.1 Å². The van der Waals surface area contributed by atoms with Crippen molar-refractivity contribution >= 4 is 34.6 Å². The summed E-state index contributed by atoms with van der Waals surface area (Å²) in [7, 11) is 0. The van der Waals surface area contributed by atoms with Gasteiger partial charge in [-0.15, -0.1) is 0 Å². The van der Waals surface area contributed by atoms with Crippen LogP contribution in [0.1, 0.15) is 60.3 Å². The summed E-state index contributed by atoms with van der Waals surface area (Å²) < 4.78 is 1.97. The van der Waals surface area contributed by atoms with Crippen LogP contribution in [0.3, 0.4) is 0 Å². The molecule has 0 bridgehead atoms. The minimum atomic E-state index is -0.151. The zero-order valence-corrected chi connectivity index (χ0v) is 25.6. The highest BCUT2D eigenvalue weighted by atomic mass is 15.4. The fraction of sp³-hybridized carbons (Fsp3) is 0.216. The summed E-state index contributed by atoms with van der Waals surface area (Å²) in [6.45, 7) is 13.1. The molecule has 0 aliphatic carbocycles. The lowest BCUT2D eigenvalue weighted by molar-refractivity contribution is 0.589. The second-order valence-electron chi connectivity index (χ2n) is 12.5. The first-order chi connectivity index (χ1) is 20.7. The van der Waals surface area contributed by atoms with E-state index in [9.17, 15) is 0 Å². The molecule has 1 unspecified atom stereocenters. The number of fused-ring (bicyclic) bond motifs is 4. The van der Waals surface area contributed by atoms with Gasteiger partial charge >= 0.3 is 0 Å². The monoisotopic (exact) mass is 564 g/mol. The lowest BCUT2D eigenvalue weighted by atomic mass is 9.85. The molecule has 0 spiro atoms. The number of amidine groups is 2. The Balaban J connectivity index is 1.47. The largest absolute Gasteiger partial charge is 0.337 e. The van der Waals surface area contributed by atoms with Crippen LogP contribution in [-0.4, -0.2) is 21.5 Å². The number of nitrogens with zero attached hydrogens (tertiary/aromatic N) is 5. The Kier molecular flexibility index (Phi) is 6.31. The third-order valence-corrected chi connectivity index (χ3v) is 8.50.